The van der Waals surface area contributed by atoms with Gasteiger partial charge in [-0.3, -0.25) is 0 Å². The molecule has 0 unspecified atom stereocenters. The van der Waals surface area contributed by atoms with Gasteiger partial charge in [0.1, 0.15) is 17.8 Å². The molecule has 0 saturated carbocycles. The number of aryl methyl sites for hydroxylation is 2. The minimum atomic E-state index is 0.413. The van der Waals surface area contributed by atoms with Crippen LogP contribution in [0.4, 0.5) is 0 Å². The van der Waals surface area contributed by atoms with Crippen molar-refractivity contribution in [2.75, 3.05) is 12.4 Å². The standard InChI is InChI=1S/C22H21N5O2S/c1-16-8-6-7-11-19(16)28-12-13-30-22-23-15-27(26-22)21-24-17(2)14-20(25-21)29-18-9-4-3-5-10-18/h3-11,14-15H,12-13H2,1-2H3. The van der Waals surface area contributed by atoms with Gasteiger partial charge in [-0.05, 0) is 37.6 Å². The second kappa shape index (κ2) is 9.41. The van der Waals surface area contributed by atoms with Crippen LogP contribution in [0.5, 0.6) is 17.4 Å². The highest BCUT2D eigenvalue weighted by molar-refractivity contribution is 7.99. The van der Waals surface area contributed by atoms with Crippen molar-refractivity contribution in [3.8, 4) is 23.3 Å². The third-order valence-electron chi connectivity index (χ3n) is 4.13. The van der Waals surface area contributed by atoms with Crippen LogP contribution in [0.1, 0.15) is 11.3 Å². The lowest BCUT2D eigenvalue weighted by molar-refractivity contribution is 0.341. The zero-order valence-electron chi connectivity index (χ0n) is 16.7. The second-order valence-corrected chi connectivity index (χ2v) is 7.56. The topological polar surface area (TPSA) is 75.0 Å². The van der Waals surface area contributed by atoms with Gasteiger partial charge in [-0.15, -0.1) is 5.10 Å². The van der Waals surface area contributed by atoms with E-state index < -0.39 is 0 Å². The van der Waals surface area contributed by atoms with Gasteiger partial charge in [0.25, 0.3) is 5.95 Å². The molecule has 0 spiro atoms. The highest BCUT2D eigenvalue weighted by Gasteiger charge is 2.10. The van der Waals surface area contributed by atoms with Crippen molar-refractivity contribution in [2.45, 2.75) is 19.0 Å². The number of benzene rings is 2. The minimum Gasteiger partial charge on any atom is -0.492 e. The summed E-state index contributed by atoms with van der Waals surface area (Å²) in [7, 11) is 0. The molecule has 4 rings (SSSR count). The summed E-state index contributed by atoms with van der Waals surface area (Å²) in [4.78, 5) is 13.2. The number of ether oxygens (including phenoxy) is 2. The van der Waals surface area contributed by atoms with Gasteiger partial charge in [0.05, 0.1) is 6.61 Å². The molecule has 2 heterocycles. The Kier molecular flexibility index (Phi) is 6.24. The summed E-state index contributed by atoms with van der Waals surface area (Å²) in [6.07, 6.45) is 1.60. The van der Waals surface area contributed by atoms with Gasteiger partial charge >= 0.3 is 0 Å². The molecule has 2 aromatic carbocycles. The van der Waals surface area contributed by atoms with E-state index in [-0.39, 0.29) is 0 Å². The quantitative estimate of drug-likeness (QED) is 0.304. The summed E-state index contributed by atoms with van der Waals surface area (Å²) < 4.78 is 13.2. The normalized spacial score (nSPS) is 10.7. The summed E-state index contributed by atoms with van der Waals surface area (Å²) in [6, 6.07) is 19.3. The van der Waals surface area contributed by atoms with Crippen molar-refractivity contribution in [2.24, 2.45) is 0 Å². The fourth-order valence-electron chi connectivity index (χ4n) is 2.70. The largest absolute Gasteiger partial charge is 0.492 e. The molecule has 2 aromatic heterocycles. The number of nitrogens with zero attached hydrogens (tertiary/aromatic N) is 5. The fourth-order valence-corrected chi connectivity index (χ4v) is 3.32. The van der Waals surface area contributed by atoms with E-state index in [2.05, 4.69) is 20.1 Å². The van der Waals surface area contributed by atoms with Crippen LogP contribution < -0.4 is 9.47 Å². The van der Waals surface area contributed by atoms with Crippen LogP contribution in [0.2, 0.25) is 0 Å². The van der Waals surface area contributed by atoms with Crippen molar-refractivity contribution in [1.29, 1.82) is 0 Å². The van der Waals surface area contributed by atoms with Gasteiger partial charge in [0.15, 0.2) is 0 Å². The van der Waals surface area contributed by atoms with E-state index in [1.54, 1.807) is 17.1 Å². The van der Waals surface area contributed by atoms with Gasteiger partial charge in [-0.1, -0.05) is 48.2 Å². The van der Waals surface area contributed by atoms with Gasteiger partial charge in [0.2, 0.25) is 11.0 Å². The molecule has 0 aliphatic carbocycles. The molecule has 0 aliphatic rings. The van der Waals surface area contributed by atoms with Gasteiger partial charge < -0.3 is 9.47 Å². The highest BCUT2D eigenvalue weighted by atomic mass is 32.2. The minimum absolute atomic E-state index is 0.413. The summed E-state index contributed by atoms with van der Waals surface area (Å²) in [5, 5.41) is 5.10. The molecule has 7 nitrogen and oxygen atoms in total. The molecule has 8 heteroatoms. The first-order valence-electron chi connectivity index (χ1n) is 9.49. The maximum atomic E-state index is 5.82. The second-order valence-electron chi connectivity index (χ2n) is 6.50. The number of aromatic nitrogens is 5. The Balaban J connectivity index is 1.38. The third kappa shape index (κ3) is 5.15. The first-order valence-corrected chi connectivity index (χ1v) is 10.5. The molecule has 0 bridgehead atoms. The Morgan fingerprint density at radius 3 is 2.60 bits per heavy atom. The Labute approximate surface area is 179 Å². The Hall–Kier alpha value is -3.39. The zero-order valence-corrected chi connectivity index (χ0v) is 17.5. The van der Waals surface area contributed by atoms with Crippen LogP contribution in [-0.2, 0) is 0 Å². The number of hydrogen-bond donors (Lipinski definition) is 0. The van der Waals surface area contributed by atoms with Gasteiger partial charge in [-0.2, -0.15) is 9.67 Å². The van der Waals surface area contributed by atoms with E-state index in [0.29, 0.717) is 29.3 Å². The van der Waals surface area contributed by atoms with Crippen LogP contribution in [-0.4, -0.2) is 37.1 Å². The SMILES string of the molecule is Cc1cc(Oc2ccccc2)nc(-n2cnc(SCCOc3ccccc3C)n2)n1. The average Bonchev–Trinajstić information content (AvgIpc) is 3.22. The predicted octanol–water partition coefficient (Wildman–Crippen LogP) is 4.64. The summed E-state index contributed by atoms with van der Waals surface area (Å²) in [6.45, 7) is 4.49. The molecule has 4 aromatic rings. The van der Waals surface area contributed by atoms with E-state index in [1.165, 1.54) is 11.8 Å². The predicted molar refractivity (Wildman–Crippen MR) is 116 cm³/mol. The fraction of sp³-hybridized carbons (Fsp3) is 0.182. The van der Waals surface area contributed by atoms with Crippen LogP contribution in [0, 0.1) is 13.8 Å². The van der Waals surface area contributed by atoms with Crippen molar-refractivity contribution >= 4 is 11.8 Å². The van der Waals surface area contributed by atoms with Crippen LogP contribution in [0.15, 0.2) is 72.1 Å². The highest BCUT2D eigenvalue weighted by Crippen LogP contribution is 2.21. The monoisotopic (exact) mass is 419 g/mol. The van der Waals surface area contributed by atoms with Crippen LogP contribution in [0.25, 0.3) is 5.95 Å². The first-order chi connectivity index (χ1) is 14.7. The number of para-hydroxylation sites is 2. The van der Waals surface area contributed by atoms with E-state index in [0.717, 1.165) is 22.8 Å². The molecule has 0 radical (unpaired) electrons. The number of hydrogen-bond acceptors (Lipinski definition) is 7. The molecule has 30 heavy (non-hydrogen) atoms. The molecule has 0 aliphatic heterocycles. The Morgan fingerprint density at radius 1 is 0.967 bits per heavy atom. The summed E-state index contributed by atoms with van der Waals surface area (Å²) >= 11 is 1.52. The Morgan fingerprint density at radius 2 is 1.77 bits per heavy atom. The average molecular weight is 420 g/mol. The molecular weight excluding hydrogens is 398 g/mol. The smallest absolute Gasteiger partial charge is 0.255 e. The molecule has 0 N–H and O–H groups in total. The molecule has 0 fully saturated rings. The zero-order chi connectivity index (χ0) is 20.8. The molecular formula is C22H21N5O2S. The van der Waals surface area contributed by atoms with E-state index in [4.69, 9.17) is 9.47 Å². The van der Waals surface area contributed by atoms with Gasteiger partial charge in [0, 0.05) is 17.5 Å². The number of thioether (sulfide) groups is 1. The lowest BCUT2D eigenvalue weighted by atomic mass is 10.2. The van der Waals surface area contributed by atoms with Crippen LogP contribution >= 0.6 is 11.8 Å². The number of rotatable bonds is 8. The molecule has 0 saturated heterocycles. The maximum absolute atomic E-state index is 5.82. The first kappa shape index (κ1) is 19.9. The lowest BCUT2D eigenvalue weighted by Gasteiger charge is -2.07. The molecule has 0 atom stereocenters. The molecule has 152 valence electrons. The third-order valence-corrected chi connectivity index (χ3v) is 4.94. The Bertz CT molecular complexity index is 1120. The summed E-state index contributed by atoms with van der Waals surface area (Å²) in [5.41, 5.74) is 1.90. The lowest BCUT2D eigenvalue weighted by Crippen LogP contribution is -2.05. The van der Waals surface area contributed by atoms with Crippen molar-refractivity contribution in [3.05, 3.63) is 78.2 Å². The van der Waals surface area contributed by atoms with Crippen LogP contribution in [0.3, 0.4) is 0 Å². The van der Waals surface area contributed by atoms with Crippen molar-refractivity contribution in [1.82, 2.24) is 24.7 Å². The molecule has 0 amide bonds. The van der Waals surface area contributed by atoms with E-state index in [1.807, 2.05) is 68.4 Å². The van der Waals surface area contributed by atoms with Gasteiger partial charge in [-0.25, -0.2) is 9.97 Å². The van der Waals surface area contributed by atoms with E-state index >= 15 is 0 Å². The van der Waals surface area contributed by atoms with E-state index in [9.17, 15) is 0 Å². The van der Waals surface area contributed by atoms with Crippen molar-refractivity contribution in [3.63, 3.8) is 0 Å². The van der Waals surface area contributed by atoms with Crippen molar-refractivity contribution < 1.29 is 9.47 Å². The maximum Gasteiger partial charge on any atom is 0.255 e. The summed E-state index contributed by atoms with van der Waals surface area (Å²) in [5.74, 6) is 3.22.